The van der Waals surface area contributed by atoms with Gasteiger partial charge in [0.25, 0.3) is 0 Å². The average molecular weight is 351 g/mol. The van der Waals surface area contributed by atoms with Gasteiger partial charge in [0.05, 0.1) is 30.8 Å². The molecule has 0 aromatic heterocycles. The molecule has 26 heavy (non-hydrogen) atoms. The van der Waals surface area contributed by atoms with E-state index < -0.39 is 0 Å². The minimum Gasteiger partial charge on any atom is -0.466 e. The van der Waals surface area contributed by atoms with E-state index in [2.05, 4.69) is 41.9 Å². The maximum atomic E-state index is 12.1. The number of aliphatic imine (C=N–C) groups is 2. The molecule has 1 fully saturated rings. The molecule has 136 valence electrons. The van der Waals surface area contributed by atoms with E-state index in [1.807, 2.05) is 25.5 Å². The van der Waals surface area contributed by atoms with Crippen LogP contribution in [0.1, 0.15) is 42.5 Å². The van der Waals surface area contributed by atoms with Gasteiger partial charge in [-0.25, -0.2) is 0 Å². The van der Waals surface area contributed by atoms with E-state index >= 15 is 0 Å². The molecule has 0 bridgehead atoms. The Morgan fingerprint density at radius 3 is 2.92 bits per heavy atom. The highest BCUT2D eigenvalue weighted by Crippen LogP contribution is 2.48. The van der Waals surface area contributed by atoms with Crippen molar-refractivity contribution in [2.45, 2.75) is 45.7 Å². The molecule has 4 rings (SSSR count). The van der Waals surface area contributed by atoms with E-state index in [9.17, 15) is 4.79 Å². The van der Waals surface area contributed by atoms with E-state index in [0.29, 0.717) is 6.61 Å². The predicted molar refractivity (Wildman–Crippen MR) is 102 cm³/mol. The molecule has 0 saturated heterocycles. The molecule has 3 aliphatic rings. The molecule has 4 unspecified atom stereocenters. The fraction of sp³-hybridized carbons (Fsp3) is 0.476. The van der Waals surface area contributed by atoms with E-state index in [1.165, 1.54) is 16.7 Å². The van der Waals surface area contributed by atoms with Crippen LogP contribution in [-0.4, -0.2) is 35.6 Å². The summed E-state index contributed by atoms with van der Waals surface area (Å²) >= 11 is 0. The summed E-state index contributed by atoms with van der Waals surface area (Å²) in [5.41, 5.74) is 3.89. The molecule has 1 aromatic rings. The van der Waals surface area contributed by atoms with Crippen LogP contribution in [0.15, 0.2) is 40.6 Å². The lowest BCUT2D eigenvalue weighted by Crippen LogP contribution is -2.40. The molecule has 4 atom stereocenters. The maximum absolute atomic E-state index is 12.1. The summed E-state index contributed by atoms with van der Waals surface area (Å²) in [4.78, 5) is 23.4. The number of hydrogen-bond acceptors (Lipinski definition) is 5. The molecule has 5 nitrogen and oxygen atoms in total. The predicted octanol–water partition coefficient (Wildman–Crippen LogP) is 3.57. The highest BCUT2D eigenvalue weighted by atomic mass is 16.5. The van der Waals surface area contributed by atoms with E-state index in [4.69, 9.17) is 9.73 Å². The van der Waals surface area contributed by atoms with Gasteiger partial charge in [-0.05, 0) is 50.7 Å². The number of aryl methyl sites for hydroxylation is 2. The lowest BCUT2D eigenvalue weighted by atomic mass is 9.90. The molecular formula is C21H25N3O2. The lowest BCUT2D eigenvalue weighted by Gasteiger charge is -2.38. The number of carbonyl (C=O) groups excluding carboxylic acids is 1. The third-order valence-corrected chi connectivity index (χ3v) is 5.57. The zero-order valence-corrected chi connectivity index (χ0v) is 15.6. The van der Waals surface area contributed by atoms with Gasteiger partial charge in [0.2, 0.25) is 0 Å². The van der Waals surface area contributed by atoms with Gasteiger partial charge in [-0.15, -0.1) is 0 Å². The van der Waals surface area contributed by atoms with Gasteiger partial charge in [-0.1, -0.05) is 23.8 Å². The normalized spacial score (nSPS) is 29.2. The van der Waals surface area contributed by atoms with Gasteiger partial charge < -0.3 is 9.64 Å². The number of nitrogens with zero attached hydrogens (tertiary/aromatic N) is 3. The zero-order valence-electron chi connectivity index (χ0n) is 15.6. The highest BCUT2D eigenvalue weighted by Gasteiger charge is 2.51. The Kier molecular flexibility index (Phi) is 4.39. The second-order valence-electron chi connectivity index (χ2n) is 7.41. The zero-order chi connectivity index (χ0) is 18.3. The quantitative estimate of drug-likeness (QED) is 0.779. The molecule has 0 N–H and O–H groups in total. The van der Waals surface area contributed by atoms with Gasteiger partial charge in [0, 0.05) is 12.4 Å². The van der Waals surface area contributed by atoms with Crippen LogP contribution >= 0.6 is 0 Å². The Hall–Kier alpha value is -2.43. The van der Waals surface area contributed by atoms with E-state index in [-0.39, 0.29) is 29.9 Å². The Labute approximate surface area is 154 Å². The van der Waals surface area contributed by atoms with Gasteiger partial charge in [-0.2, -0.15) is 0 Å². The second-order valence-corrected chi connectivity index (χ2v) is 7.41. The minimum atomic E-state index is -0.0691. The highest BCUT2D eigenvalue weighted by molar-refractivity contribution is 6.30. The molecular weight excluding hydrogens is 326 g/mol. The van der Waals surface area contributed by atoms with E-state index in [0.717, 1.165) is 18.7 Å². The molecule has 0 radical (unpaired) electrons. The van der Waals surface area contributed by atoms with Crippen LogP contribution < -0.4 is 0 Å². The number of carbonyl (C=O) groups is 1. The van der Waals surface area contributed by atoms with Gasteiger partial charge in [-0.3, -0.25) is 14.8 Å². The summed E-state index contributed by atoms with van der Waals surface area (Å²) in [6, 6.07) is 6.99. The molecule has 1 aromatic carbocycles. The first-order valence-corrected chi connectivity index (χ1v) is 9.38. The number of benzene rings is 1. The van der Waals surface area contributed by atoms with Crippen molar-refractivity contribution in [2.24, 2.45) is 21.8 Å². The van der Waals surface area contributed by atoms with Crippen LogP contribution in [0.3, 0.4) is 0 Å². The van der Waals surface area contributed by atoms with Crippen molar-refractivity contribution < 1.29 is 9.53 Å². The standard InChI is InChI=1S/C21H25N3O2/c1-4-26-21(25)17-10-16(17)18-11-19(15-6-5-13(2)9-14(15)3)24-8-7-22-12-20(24)23-18/h5-9,12,16-19H,4,10-11H2,1-3H3. The summed E-state index contributed by atoms with van der Waals surface area (Å²) in [6.45, 7) is 6.59. The molecule has 1 saturated carbocycles. The number of ether oxygens (including phenoxy) is 1. The van der Waals surface area contributed by atoms with Crippen LogP contribution in [0.4, 0.5) is 0 Å². The van der Waals surface area contributed by atoms with Crippen molar-refractivity contribution in [3.05, 3.63) is 47.3 Å². The Balaban J connectivity index is 1.62. The molecule has 2 aliphatic heterocycles. The van der Waals surface area contributed by atoms with Crippen molar-refractivity contribution in [3.8, 4) is 0 Å². The molecule has 2 heterocycles. The average Bonchev–Trinajstić information content (AvgIpc) is 3.42. The van der Waals surface area contributed by atoms with Crippen molar-refractivity contribution in [2.75, 3.05) is 6.61 Å². The number of esters is 1. The van der Waals surface area contributed by atoms with Gasteiger partial charge in [0.15, 0.2) is 0 Å². The SMILES string of the molecule is CCOC(=O)C1CC1C1CC(c2ccc(C)cc2C)N2C=CN=CC2=N1. The second kappa shape index (κ2) is 6.71. The topological polar surface area (TPSA) is 54.3 Å². The minimum absolute atomic E-state index is 0.00619. The van der Waals surface area contributed by atoms with Crippen LogP contribution in [0.2, 0.25) is 0 Å². The summed E-state index contributed by atoms with van der Waals surface area (Å²) in [5.74, 6) is 1.12. The van der Waals surface area contributed by atoms with Crippen LogP contribution in [0, 0.1) is 25.7 Å². The molecule has 0 spiro atoms. The number of rotatable bonds is 4. The number of hydrogen-bond donors (Lipinski definition) is 0. The summed E-state index contributed by atoms with van der Waals surface area (Å²) < 4.78 is 5.20. The van der Waals surface area contributed by atoms with Crippen molar-refractivity contribution in [1.82, 2.24) is 4.90 Å². The summed E-state index contributed by atoms with van der Waals surface area (Å²) in [6.07, 6.45) is 7.44. The van der Waals surface area contributed by atoms with Crippen molar-refractivity contribution in [1.29, 1.82) is 0 Å². The summed E-state index contributed by atoms with van der Waals surface area (Å²) in [7, 11) is 0. The monoisotopic (exact) mass is 351 g/mol. The Bertz CT molecular complexity index is 811. The Morgan fingerprint density at radius 1 is 1.31 bits per heavy atom. The fourth-order valence-electron chi connectivity index (χ4n) is 4.20. The summed E-state index contributed by atoms with van der Waals surface area (Å²) in [5, 5.41) is 0. The first kappa shape index (κ1) is 17.0. The number of fused-ring (bicyclic) bond motifs is 1. The maximum Gasteiger partial charge on any atom is 0.309 e. The lowest BCUT2D eigenvalue weighted by molar-refractivity contribution is -0.145. The fourth-order valence-corrected chi connectivity index (χ4v) is 4.20. The first-order valence-electron chi connectivity index (χ1n) is 9.38. The molecule has 1 aliphatic carbocycles. The molecule has 0 amide bonds. The molecule has 5 heteroatoms. The van der Waals surface area contributed by atoms with E-state index in [1.54, 1.807) is 0 Å². The third kappa shape index (κ3) is 3.06. The smallest absolute Gasteiger partial charge is 0.309 e. The van der Waals surface area contributed by atoms with Crippen LogP contribution in [-0.2, 0) is 9.53 Å². The van der Waals surface area contributed by atoms with Gasteiger partial charge >= 0.3 is 5.97 Å². The van der Waals surface area contributed by atoms with Crippen molar-refractivity contribution >= 4 is 18.0 Å². The largest absolute Gasteiger partial charge is 0.466 e. The Morgan fingerprint density at radius 2 is 2.15 bits per heavy atom. The first-order chi connectivity index (χ1) is 12.6. The van der Waals surface area contributed by atoms with Gasteiger partial charge in [0.1, 0.15) is 5.84 Å². The third-order valence-electron chi connectivity index (χ3n) is 5.57. The van der Waals surface area contributed by atoms with Crippen LogP contribution in [0.25, 0.3) is 0 Å². The van der Waals surface area contributed by atoms with Crippen molar-refractivity contribution in [3.63, 3.8) is 0 Å². The number of amidine groups is 1. The van der Waals surface area contributed by atoms with Crippen LogP contribution in [0.5, 0.6) is 0 Å².